The van der Waals surface area contributed by atoms with Gasteiger partial charge in [0.2, 0.25) is 0 Å². The summed E-state index contributed by atoms with van der Waals surface area (Å²) < 4.78 is 5.80. The molecule has 1 saturated carbocycles. The average molecular weight is 262 g/mol. The van der Waals surface area contributed by atoms with E-state index in [9.17, 15) is 0 Å². The lowest BCUT2D eigenvalue weighted by atomic mass is 10.2. The van der Waals surface area contributed by atoms with E-state index in [4.69, 9.17) is 4.42 Å². The van der Waals surface area contributed by atoms with Gasteiger partial charge in [0.25, 0.3) is 0 Å². The normalized spacial score (nSPS) is 15.2. The molecule has 3 rings (SSSR count). The summed E-state index contributed by atoms with van der Waals surface area (Å²) in [5.41, 5.74) is 1.26. The second-order valence-corrected chi connectivity index (χ2v) is 5.80. The first-order chi connectivity index (χ1) is 8.83. The summed E-state index contributed by atoms with van der Waals surface area (Å²) in [5, 5.41) is 5.59. The molecule has 0 saturated heterocycles. The van der Waals surface area contributed by atoms with Crippen molar-refractivity contribution >= 4 is 11.3 Å². The fourth-order valence-electron chi connectivity index (χ4n) is 1.99. The van der Waals surface area contributed by atoms with Crippen molar-refractivity contribution in [2.45, 2.75) is 38.6 Å². The predicted octanol–water partition coefficient (Wildman–Crippen LogP) is 3.40. The van der Waals surface area contributed by atoms with E-state index in [0.717, 1.165) is 37.1 Å². The summed E-state index contributed by atoms with van der Waals surface area (Å²) in [6.45, 7) is 3.17. The Bertz CT molecular complexity index is 513. The van der Waals surface area contributed by atoms with Crippen molar-refractivity contribution in [3.05, 3.63) is 29.1 Å². The van der Waals surface area contributed by atoms with Gasteiger partial charge in [-0.25, -0.2) is 4.98 Å². The third-order valence-electron chi connectivity index (χ3n) is 3.22. The Morgan fingerprint density at radius 3 is 3.11 bits per heavy atom. The van der Waals surface area contributed by atoms with Crippen LogP contribution in [0.25, 0.3) is 10.6 Å². The van der Waals surface area contributed by atoms with Crippen LogP contribution in [-0.4, -0.2) is 17.6 Å². The summed E-state index contributed by atoms with van der Waals surface area (Å²) in [6, 6.07) is 2.90. The van der Waals surface area contributed by atoms with Gasteiger partial charge >= 0.3 is 0 Å². The molecule has 0 radical (unpaired) electrons. The highest BCUT2D eigenvalue weighted by Gasteiger charge is 2.19. The van der Waals surface area contributed by atoms with Gasteiger partial charge < -0.3 is 9.73 Å². The van der Waals surface area contributed by atoms with Gasteiger partial charge in [-0.2, -0.15) is 0 Å². The summed E-state index contributed by atoms with van der Waals surface area (Å²) in [7, 11) is 0. The van der Waals surface area contributed by atoms with E-state index in [1.54, 1.807) is 11.3 Å². The Morgan fingerprint density at radius 2 is 2.39 bits per heavy atom. The zero-order valence-electron chi connectivity index (χ0n) is 10.6. The smallest absolute Gasteiger partial charge is 0.194 e. The number of nitrogens with zero attached hydrogens (tertiary/aromatic N) is 1. The lowest BCUT2D eigenvalue weighted by Gasteiger charge is -1.99. The molecule has 2 heterocycles. The van der Waals surface area contributed by atoms with Crippen LogP contribution < -0.4 is 5.32 Å². The number of nitrogens with one attached hydrogen (secondary N) is 1. The molecule has 18 heavy (non-hydrogen) atoms. The molecule has 0 bridgehead atoms. The van der Waals surface area contributed by atoms with Crippen LogP contribution in [0.3, 0.4) is 0 Å². The van der Waals surface area contributed by atoms with E-state index in [1.807, 2.05) is 6.20 Å². The van der Waals surface area contributed by atoms with Crippen molar-refractivity contribution in [2.75, 3.05) is 6.54 Å². The highest BCUT2D eigenvalue weighted by atomic mass is 32.1. The minimum Gasteiger partial charge on any atom is -0.440 e. The maximum absolute atomic E-state index is 5.80. The molecule has 0 atom stereocenters. The van der Waals surface area contributed by atoms with Crippen molar-refractivity contribution < 1.29 is 4.42 Å². The lowest BCUT2D eigenvalue weighted by molar-refractivity contribution is 0.492. The predicted molar refractivity (Wildman–Crippen MR) is 73.9 cm³/mol. The van der Waals surface area contributed by atoms with Gasteiger partial charge in [-0.1, -0.05) is 0 Å². The maximum Gasteiger partial charge on any atom is 0.194 e. The number of aryl methyl sites for hydroxylation is 2. The van der Waals surface area contributed by atoms with Gasteiger partial charge in [-0.3, -0.25) is 0 Å². The first-order valence-corrected chi connectivity index (χ1v) is 7.43. The molecule has 0 unspecified atom stereocenters. The molecule has 2 aromatic rings. The number of rotatable bonds is 6. The fraction of sp³-hybridized carbons (Fsp3) is 0.500. The molecule has 4 heteroatoms. The standard InChI is InChI=1S/C14H18N2OS/c1-10-6-8-18-14(10)12-9-16-13(17-12)3-2-7-15-11-4-5-11/h6,8-9,11,15H,2-5,7H2,1H3. The van der Waals surface area contributed by atoms with Crippen molar-refractivity contribution in [2.24, 2.45) is 0 Å². The highest BCUT2D eigenvalue weighted by Crippen LogP contribution is 2.29. The van der Waals surface area contributed by atoms with Crippen LogP contribution in [0, 0.1) is 6.92 Å². The number of thiophene rings is 1. The molecule has 2 aromatic heterocycles. The van der Waals surface area contributed by atoms with E-state index in [1.165, 1.54) is 23.3 Å². The molecule has 96 valence electrons. The van der Waals surface area contributed by atoms with Gasteiger partial charge in [-0.15, -0.1) is 11.3 Å². The van der Waals surface area contributed by atoms with Gasteiger partial charge in [0, 0.05) is 12.5 Å². The molecule has 1 aliphatic carbocycles. The summed E-state index contributed by atoms with van der Waals surface area (Å²) in [6.07, 6.45) is 6.56. The van der Waals surface area contributed by atoms with E-state index in [2.05, 4.69) is 28.7 Å². The van der Waals surface area contributed by atoms with Crippen LogP contribution in [0.4, 0.5) is 0 Å². The first kappa shape index (κ1) is 11.9. The van der Waals surface area contributed by atoms with E-state index in [-0.39, 0.29) is 0 Å². The molecule has 0 spiro atoms. The van der Waals surface area contributed by atoms with Gasteiger partial charge in [0.1, 0.15) is 0 Å². The molecule has 1 fully saturated rings. The largest absolute Gasteiger partial charge is 0.440 e. The summed E-state index contributed by atoms with van der Waals surface area (Å²) in [5.74, 6) is 1.77. The Morgan fingerprint density at radius 1 is 1.50 bits per heavy atom. The van der Waals surface area contributed by atoms with Gasteiger partial charge in [0.15, 0.2) is 11.7 Å². The number of hydrogen-bond acceptors (Lipinski definition) is 4. The highest BCUT2D eigenvalue weighted by molar-refractivity contribution is 7.13. The van der Waals surface area contributed by atoms with Crippen LogP contribution >= 0.6 is 11.3 Å². The van der Waals surface area contributed by atoms with Gasteiger partial charge in [0.05, 0.1) is 11.1 Å². The fourth-order valence-corrected chi connectivity index (χ4v) is 2.86. The second-order valence-electron chi connectivity index (χ2n) is 4.88. The molecule has 3 nitrogen and oxygen atoms in total. The maximum atomic E-state index is 5.80. The number of hydrogen-bond donors (Lipinski definition) is 1. The van der Waals surface area contributed by atoms with Crippen LogP contribution in [0.1, 0.15) is 30.7 Å². The van der Waals surface area contributed by atoms with Crippen LogP contribution in [-0.2, 0) is 6.42 Å². The Kier molecular flexibility index (Phi) is 3.48. The van der Waals surface area contributed by atoms with Crippen molar-refractivity contribution in [3.8, 4) is 10.6 Å². The third-order valence-corrected chi connectivity index (χ3v) is 4.25. The molecular weight excluding hydrogens is 244 g/mol. The molecule has 0 aromatic carbocycles. The molecule has 0 amide bonds. The molecule has 1 aliphatic rings. The van der Waals surface area contributed by atoms with Crippen LogP contribution in [0.2, 0.25) is 0 Å². The summed E-state index contributed by atoms with van der Waals surface area (Å²) >= 11 is 1.71. The zero-order chi connectivity index (χ0) is 12.4. The van der Waals surface area contributed by atoms with Crippen LogP contribution in [0.15, 0.2) is 22.1 Å². The Balaban J connectivity index is 1.54. The van der Waals surface area contributed by atoms with Crippen molar-refractivity contribution in [3.63, 3.8) is 0 Å². The van der Waals surface area contributed by atoms with E-state index < -0.39 is 0 Å². The van der Waals surface area contributed by atoms with Gasteiger partial charge in [-0.05, 0) is 49.7 Å². The van der Waals surface area contributed by atoms with E-state index >= 15 is 0 Å². The number of oxazole rings is 1. The Hall–Kier alpha value is -1.13. The first-order valence-electron chi connectivity index (χ1n) is 6.55. The average Bonchev–Trinajstić information content (AvgIpc) is 2.90. The second kappa shape index (κ2) is 5.24. The minimum absolute atomic E-state index is 0.791. The lowest BCUT2D eigenvalue weighted by Crippen LogP contribution is -2.17. The number of aromatic nitrogens is 1. The minimum atomic E-state index is 0.791. The molecule has 0 aliphatic heterocycles. The van der Waals surface area contributed by atoms with E-state index in [0.29, 0.717) is 0 Å². The SMILES string of the molecule is Cc1ccsc1-c1cnc(CCCNC2CC2)o1. The monoisotopic (exact) mass is 262 g/mol. The third kappa shape index (κ3) is 2.82. The topological polar surface area (TPSA) is 38.1 Å². The summed E-state index contributed by atoms with van der Waals surface area (Å²) in [4.78, 5) is 5.56. The zero-order valence-corrected chi connectivity index (χ0v) is 11.4. The molecular formula is C14H18N2OS. The van der Waals surface area contributed by atoms with Crippen LogP contribution in [0.5, 0.6) is 0 Å². The molecule has 1 N–H and O–H groups in total. The quantitative estimate of drug-likeness (QED) is 0.811. The Labute approximate surface area is 111 Å². The van der Waals surface area contributed by atoms with Crippen molar-refractivity contribution in [1.82, 2.24) is 10.3 Å². The van der Waals surface area contributed by atoms with Crippen molar-refractivity contribution in [1.29, 1.82) is 0 Å².